The van der Waals surface area contributed by atoms with Gasteiger partial charge in [-0.15, -0.1) is 0 Å². The Kier molecular flexibility index (Phi) is 3.36. The van der Waals surface area contributed by atoms with Gasteiger partial charge in [0, 0.05) is 22.2 Å². The summed E-state index contributed by atoms with van der Waals surface area (Å²) in [7, 11) is 0. The van der Waals surface area contributed by atoms with Crippen molar-refractivity contribution in [2.45, 2.75) is 24.9 Å². The van der Waals surface area contributed by atoms with Crippen molar-refractivity contribution in [3.63, 3.8) is 0 Å². The Hall–Kier alpha value is -0.740. The lowest BCUT2D eigenvalue weighted by molar-refractivity contribution is -0.183. The van der Waals surface area contributed by atoms with Crippen molar-refractivity contribution in [1.29, 1.82) is 0 Å². The first-order valence-corrected chi connectivity index (χ1v) is 6.03. The molecule has 0 amide bonds. The van der Waals surface area contributed by atoms with Gasteiger partial charge in [-0.3, -0.25) is 4.99 Å². The summed E-state index contributed by atoms with van der Waals surface area (Å²) in [5.74, 6) is 0. The second-order valence-corrected chi connectivity index (χ2v) is 5.34. The molecule has 0 saturated heterocycles. The fraction of sp³-hybridized carbons (Fsp3) is 0.417. The molecule has 2 rings (SSSR count). The highest BCUT2D eigenvalue weighted by molar-refractivity contribution is 6.34. The molecule has 1 aromatic rings. The predicted molar refractivity (Wildman–Crippen MR) is 66.8 cm³/mol. The molecule has 1 aromatic carbocycles. The van der Waals surface area contributed by atoms with E-state index < -0.39 is 11.6 Å². The van der Waals surface area contributed by atoms with Gasteiger partial charge in [0.05, 0.1) is 6.54 Å². The molecule has 1 atom stereocenters. The zero-order chi connectivity index (χ0) is 13.6. The lowest BCUT2D eigenvalue weighted by Crippen LogP contribution is -2.43. The average Bonchev–Trinajstić information content (AvgIpc) is 2.59. The molecule has 18 heavy (non-hydrogen) atoms. The third kappa shape index (κ3) is 2.24. The summed E-state index contributed by atoms with van der Waals surface area (Å²) in [5.41, 5.74) is -1.43. The number of hydrogen-bond acceptors (Lipinski definition) is 1. The average molecular weight is 296 g/mol. The molecule has 98 valence electrons. The van der Waals surface area contributed by atoms with E-state index in [0.29, 0.717) is 5.71 Å². The molecule has 0 fully saturated rings. The number of rotatable bonds is 1. The molecule has 1 heterocycles. The second-order valence-electron chi connectivity index (χ2n) is 4.47. The Morgan fingerprint density at radius 1 is 1.17 bits per heavy atom. The van der Waals surface area contributed by atoms with E-state index in [1.165, 1.54) is 18.2 Å². The number of aliphatic imine (C=N–C) groups is 1. The molecule has 1 unspecified atom stereocenters. The number of halogens is 5. The molecular formula is C12H10Cl2F3N. The van der Waals surface area contributed by atoms with Crippen LogP contribution in [0.4, 0.5) is 13.2 Å². The SMILES string of the molecule is CC1=NCC(c2cc(Cl)cc(Cl)c2)(C(F)(F)F)C1. The van der Waals surface area contributed by atoms with Crippen molar-refractivity contribution < 1.29 is 13.2 Å². The monoisotopic (exact) mass is 295 g/mol. The first-order chi connectivity index (χ1) is 8.24. The van der Waals surface area contributed by atoms with Crippen LogP contribution in [0.2, 0.25) is 10.0 Å². The van der Waals surface area contributed by atoms with Gasteiger partial charge in [-0.1, -0.05) is 23.2 Å². The van der Waals surface area contributed by atoms with E-state index in [1.54, 1.807) is 6.92 Å². The summed E-state index contributed by atoms with van der Waals surface area (Å²) in [4.78, 5) is 3.90. The summed E-state index contributed by atoms with van der Waals surface area (Å²) >= 11 is 11.6. The van der Waals surface area contributed by atoms with Crippen molar-refractivity contribution in [2.75, 3.05) is 6.54 Å². The standard InChI is InChI=1S/C12H10Cl2F3N/c1-7-5-11(6-18-7,12(15,16)17)8-2-9(13)4-10(14)3-8/h2-4H,5-6H2,1H3. The van der Waals surface area contributed by atoms with Crippen LogP contribution in [0, 0.1) is 0 Å². The van der Waals surface area contributed by atoms with E-state index in [0.717, 1.165) is 0 Å². The van der Waals surface area contributed by atoms with Crippen molar-refractivity contribution in [3.05, 3.63) is 33.8 Å². The second kappa shape index (κ2) is 4.42. The van der Waals surface area contributed by atoms with E-state index in [4.69, 9.17) is 23.2 Å². The Morgan fingerprint density at radius 3 is 2.11 bits per heavy atom. The first-order valence-electron chi connectivity index (χ1n) is 5.28. The highest BCUT2D eigenvalue weighted by Gasteiger charge is 2.57. The van der Waals surface area contributed by atoms with E-state index in [1.807, 2.05) is 0 Å². The van der Waals surface area contributed by atoms with E-state index in [2.05, 4.69) is 4.99 Å². The van der Waals surface area contributed by atoms with Crippen LogP contribution in [0.15, 0.2) is 23.2 Å². The highest BCUT2D eigenvalue weighted by atomic mass is 35.5. The van der Waals surface area contributed by atoms with E-state index in [9.17, 15) is 13.2 Å². The van der Waals surface area contributed by atoms with Crippen molar-refractivity contribution >= 4 is 28.9 Å². The summed E-state index contributed by atoms with van der Waals surface area (Å²) in [5, 5.41) is 0.399. The number of nitrogens with zero attached hydrogens (tertiary/aromatic N) is 1. The molecule has 0 aliphatic carbocycles. The van der Waals surface area contributed by atoms with Gasteiger partial charge in [0.1, 0.15) is 5.41 Å². The van der Waals surface area contributed by atoms with Crippen LogP contribution in [0.3, 0.4) is 0 Å². The maximum absolute atomic E-state index is 13.4. The van der Waals surface area contributed by atoms with Crippen LogP contribution in [0.5, 0.6) is 0 Å². The Morgan fingerprint density at radius 2 is 1.72 bits per heavy atom. The van der Waals surface area contributed by atoms with Gasteiger partial charge in [-0.2, -0.15) is 13.2 Å². The fourth-order valence-corrected chi connectivity index (χ4v) is 2.72. The minimum atomic E-state index is -4.39. The molecule has 0 N–H and O–H groups in total. The van der Waals surface area contributed by atoms with Gasteiger partial charge in [0.15, 0.2) is 0 Å². The molecule has 0 spiro atoms. The van der Waals surface area contributed by atoms with Crippen LogP contribution < -0.4 is 0 Å². The highest BCUT2D eigenvalue weighted by Crippen LogP contribution is 2.47. The largest absolute Gasteiger partial charge is 0.400 e. The lowest BCUT2D eigenvalue weighted by atomic mass is 9.77. The van der Waals surface area contributed by atoms with Gasteiger partial charge in [-0.25, -0.2) is 0 Å². The molecule has 1 aliphatic rings. The molecule has 1 nitrogen and oxygen atoms in total. The fourth-order valence-electron chi connectivity index (χ4n) is 2.20. The maximum atomic E-state index is 13.4. The molecule has 6 heteroatoms. The Labute approximate surface area is 113 Å². The van der Waals surface area contributed by atoms with Crippen LogP contribution in [-0.4, -0.2) is 18.4 Å². The summed E-state index contributed by atoms with van der Waals surface area (Å²) in [6.45, 7) is 1.29. The molecule has 1 aliphatic heterocycles. The third-order valence-corrected chi connectivity index (χ3v) is 3.57. The smallest absolute Gasteiger partial charge is 0.293 e. The zero-order valence-corrected chi connectivity index (χ0v) is 11.0. The lowest BCUT2D eigenvalue weighted by Gasteiger charge is -2.31. The van der Waals surface area contributed by atoms with E-state index in [-0.39, 0.29) is 28.6 Å². The molecular weight excluding hydrogens is 286 g/mol. The van der Waals surface area contributed by atoms with Gasteiger partial charge < -0.3 is 0 Å². The summed E-state index contributed by atoms with van der Waals surface area (Å²) in [6.07, 6.45) is -4.53. The molecule has 0 aromatic heterocycles. The van der Waals surface area contributed by atoms with Crippen molar-refractivity contribution in [1.82, 2.24) is 0 Å². The summed E-state index contributed by atoms with van der Waals surface area (Å²) in [6, 6.07) is 4.05. The normalized spacial score (nSPS) is 24.2. The number of hydrogen-bond donors (Lipinski definition) is 0. The maximum Gasteiger partial charge on any atom is 0.400 e. The van der Waals surface area contributed by atoms with Crippen LogP contribution in [-0.2, 0) is 5.41 Å². The van der Waals surface area contributed by atoms with Gasteiger partial charge in [-0.05, 0) is 30.7 Å². The van der Waals surface area contributed by atoms with Crippen LogP contribution >= 0.6 is 23.2 Å². The quantitative estimate of drug-likeness (QED) is 0.715. The molecule has 0 radical (unpaired) electrons. The number of alkyl halides is 3. The molecule has 0 saturated carbocycles. The minimum absolute atomic E-state index is 0.0769. The predicted octanol–water partition coefficient (Wildman–Crippen LogP) is 4.66. The topological polar surface area (TPSA) is 12.4 Å². The minimum Gasteiger partial charge on any atom is -0.293 e. The number of benzene rings is 1. The van der Waals surface area contributed by atoms with Crippen molar-refractivity contribution in [2.24, 2.45) is 4.99 Å². The zero-order valence-electron chi connectivity index (χ0n) is 9.48. The Balaban J connectivity index is 2.55. The van der Waals surface area contributed by atoms with E-state index >= 15 is 0 Å². The summed E-state index contributed by atoms with van der Waals surface area (Å²) < 4.78 is 40.1. The van der Waals surface area contributed by atoms with Gasteiger partial charge in [0.25, 0.3) is 0 Å². The van der Waals surface area contributed by atoms with Crippen LogP contribution in [0.1, 0.15) is 18.9 Å². The third-order valence-electron chi connectivity index (χ3n) is 3.13. The first kappa shape index (κ1) is 13.7. The Bertz CT molecular complexity index is 490. The van der Waals surface area contributed by atoms with Gasteiger partial charge >= 0.3 is 6.18 Å². The molecule has 0 bridgehead atoms. The van der Waals surface area contributed by atoms with Crippen molar-refractivity contribution in [3.8, 4) is 0 Å². The van der Waals surface area contributed by atoms with Gasteiger partial charge in [0.2, 0.25) is 0 Å². The van der Waals surface area contributed by atoms with Crippen LogP contribution in [0.25, 0.3) is 0 Å².